The fraction of sp³-hybridized carbons (Fsp3) is 0.0526. The molecule has 0 aliphatic heterocycles. The van der Waals surface area contributed by atoms with Crippen molar-refractivity contribution in [3.63, 3.8) is 0 Å². The van der Waals surface area contributed by atoms with E-state index in [-0.39, 0.29) is 11.7 Å². The molecule has 1 heterocycles. The van der Waals surface area contributed by atoms with Crippen molar-refractivity contribution < 1.29 is 14.6 Å². The van der Waals surface area contributed by atoms with E-state index < -0.39 is 0 Å². The van der Waals surface area contributed by atoms with Gasteiger partial charge in [-0.1, -0.05) is 6.07 Å². The molecule has 26 heavy (non-hydrogen) atoms. The van der Waals surface area contributed by atoms with Crippen molar-refractivity contribution in [1.82, 2.24) is 4.98 Å². The zero-order valence-electron chi connectivity index (χ0n) is 14.1. The SMILES string of the molecule is CC(=O)Nc1cccc(Oc2cc(Nc3ccc(O)cc3)c(N)cn2)c1. The van der Waals surface area contributed by atoms with E-state index >= 15 is 0 Å². The molecule has 7 nitrogen and oxygen atoms in total. The second-order valence-electron chi connectivity index (χ2n) is 5.59. The Morgan fingerprint density at radius 1 is 1.12 bits per heavy atom. The number of nitrogens with one attached hydrogen (secondary N) is 2. The maximum atomic E-state index is 11.2. The summed E-state index contributed by atoms with van der Waals surface area (Å²) in [7, 11) is 0. The quantitative estimate of drug-likeness (QED) is 0.520. The molecule has 0 bridgehead atoms. The first-order valence-electron chi connectivity index (χ1n) is 7.87. The molecule has 0 atom stereocenters. The number of hydrogen-bond acceptors (Lipinski definition) is 6. The van der Waals surface area contributed by atoms with E-state index in [1.165, 1.54) is 13.1 Å². The Bertz CT molecular complexity index is 926. The van der Waals surface area contributed by atoms with Crippen molar-refractivity contribution in [3.05, 3.63) is 60.8 Å². The molecule has 132 valence electrons. The molecule has 1 amide bonds. The molecule has 7 heteroatoms. The Morgan fingerprint density at radius 3 is 2.62 bits per heavy atom. The number of nitrogen functional groups attached to an aromatic ring is 1. The average molecular weight is 350 g/mol. The van der Waals surface area contributed by atoms with E-state index in [1.54, 1.807) is 54.6 Å². The molecule has 1 aromatic heterocycles. The van der Waals surface area contributed by atoms with Crippen LogP contribution in [-0.4, -0.2) is 16.0 Å². The van der Waals surface area contributed by atoms with Gasteiger partial charge in [0.2, 0.25) is 11.8 Å². The number of aromatic hydroxyl groups is 1. The maximum absolute atomic E-state index is 11.2. The van der Waals surface area contributed by atoms with Crippen LogP contribution in [0, 0.1) is 0 Å². The predicted molar refractivity (Wildman–Crippen MR) is 101 cm³/mol. The normalized spacial score (nSPS) is 10.2. The van der Waals surface area contributed by atoms with Crippen LogP contribution in [-0.2, 0) is 4.79 Å². The highest BCUT2D eigenvalue weighted by Crippen LogP contribution is 2.29. The lowest BCUT2D eigenvalue weighted by molar-refractivity contribution is -0.114. The second-order valence-corrected chi connectivity index (χ2v) is 5.59. The van der Waals surface area contributed by atoms with Crippen LogP contribution in [0.5, 0.6) is 17.4 Å². The summed E-state index contributed by atoms with van der Waals surface area (Å²) in [6.07, 6.45) is 1.50. The van der Waals surface area contributed by atoms with Crippen molar-refractivity contribution in [2.45, 2.75) is 6.92 Å². The van der Waals surface area contributed by atoms with Gasteiger partial charge in [0.25, 0.3) is 0 Å². The van der Waals surface area contributed by atoms with Crippen molar-refractivity contribution in [3.8, 4) is 17.4 Å². The van der Waals surface area contributed by atoms with E-state index in [1.807, 2.05) is 0 Å². The van der Waals surface area contributed by atoms with Crippen LogP contribution in [0.2, 0.25) is 0 Å². The number of ether oxygens (including phenoxy) is 1. The third kappa shape index (κ3) is 4.41. The molecule has 0 fully saturated rings. The Hall–Kier alpha value is -3.74. The lowest BCUT2D eigenvalue weighted by Gasteiger charge is -2.12. The molecule has 0 saturated heterocycles. The van der Waals surface area contributed by atoms with Crippen molar-refractivity contribution in [1.29, 1.82) is 0 Å². The Kier molecular flexibility index (Phi) is 4.89. The monoisotopic (exact) mass is 350 g/mol. The number of carbonyl (C=O) groups excluding carboxylic acids is 1. The highest BCUT2D eigenvalue weighted by atomic mass is 16.5. The second kappa shape index (κ2) is 7.43. The fourth-order valence-electron chi connectivity index (χ4n) is 2.27. The van der Waals surface area contributed by atoms with Crippen LogP contribution >= 0.6 is 0 Å². The molecular weight excluding hydrogens is 332 g/mol. The Labute approximate surface area is 150 Å². The predicted octanol–water partition coefficient (Wildman–Crippen LogP) is 3.86. The number of pyridine rings is 1. The summed E-state index contributed by atoms with van der Waals surface area (Å²) in [5.41, 5.74) is 8.44. The largest absolute Gasteiger partial charge is 0.508 e. The van der Waals surface area contributed by atoms with Gasteiger partial charge in [-0.15, -0.1) is 0 Å². The highest BCUT2D eigenvalue weighted by molar-refractivity contribution is 5.88. The number of phenolic OH excluding ortho intramolecular Hbond substituents is 1. The third-order valence-electron chi connectivity index (χ3n) is 3.43. The zero-order chi connectivity index (χ0) is 18.5. The minimum atomic E-state index is -0.159. The number of amides is 1. The summed E-state index contributed by atoms with van der Waals surface area (Å²) in [6, 6.07) is 15.3. The summed E-state index contributed by atoms with van der Waals surface area (Å²) < 4.78 is 5.76. The van der Waals surface area contributed by atoms with Gasteiger partial charge >= 0.3 is 0 Å². The van der Waals surface area contributed by atoms with Crippen LogP contribution < -0.4 is 21.1 Å². The van der Waals surface area contributed by atoms with Crippen molar-refractivity contribution in [2.75, 3.05) is 16.4 Å². The first-order valence-corrected chi connectivity index (χ1v) is 7.87. The van der Waals surface area contributed by atoms with E-state index in [9.17, 15) is 9.90 Å². The summed E-state index contributed by atoms with van der Waals surface area (Å²) >= 11 is 0. The minimum absolute atomic E-state index is 0.159. The van der Waals surface area contributed by atoms with Crippen LogP contribution in [0.4, 0.5) is 22.7 Å². The number of carbonyl (C=O) groups is 1. The molecule has 2 aromatic carbocycles. The number of phenols is 1. The Morgan fingerprint density at radius 2 is 1.88 bits per heavy atom. The molecule has 0 aliphatic carbocycles. The molecule has 0 aliphatic rings. The van der Waals surface area contributed by atoms with Gasteiger partial charge in [0, 0.05) is 30.4 Å². The molecule has 0 spiro atoms. The van der Waals surface area contributed by atoms with Gasteiger partial charge in [-0.3, -0.25) is 4.79 Å². The molecule has 5 N–H and O–H groups in total. The van der Waals surface area contributed by atoms with Gasteiger partial charge in [-0.05, 0) is 36.4 Å². The smallest absolute Gasteiger partial charge is 0.221 e. The van der Waals surface area contributed by atoms with Crippen LogP contribution in [0.3, 0.4) is 0 Å². The van der Waals surface area contributed by atoms with Gasteiger partial charge in [0.05, 0.1) is 17.6 Å². The lowest BCUT2D eigenvalue weighted by atomic mass is 10.2. The number of rotatable bonds is 5. The van der Waals surface area contributed by atoms with Gasteiger partial charge in [-0.2, -0.15) is 0 Å². The molecule has 0 saturated carbocycles. The molecule has 0 radical (unpaired) electrons. The Balaban J connectivity index is 1.79. The number of aromatic nitrogens is 1. The van der Waals surface area contributed by atoms with Gasteiger partial charge in [-0.25, -0.2) is 4.98 Å². The minimum Gasteiger partial charge on any atom is -0.508 e. The summed E-state index contributed by atoms with van der Waals surface area (Å²) in [5, 5.41) is 15.2. The number of hydrogen-bond donors (Lipinski definition) is 4. The zero-order valence-corrected chi connectivity index (χ0v) is 14.1. The van der Waals surface area contributed by atoms with E-state index in [0.29, 0.717) is 28.7 Å². The standard InChI is InChI=1S/C19H18N4O3/c1-12(24)22-14-3-2-4-16(9-14)26-19-10-18(17(20)11-21-19)23-13-5-7-15(25)8-6-13/h2-11,25H,20H2,1H3,(H,21,23)(H,22,24). The van der Waals surface area contributed by atoms with Gasteiger partial charge < -0.3 is 26.2 Å². The van der Waals surface area contributed by atoms with Crippen LogP contribution in [0.1, 0.15) is 6.92 Å². The van der Waals surface area contributed by atoms with E-state index in [0.717, 1.165) is 5.69 Å². The first kappa shape index (κ1) is 17.1. The van der Waals surface area contributed by atoms with Crippen LogP contribution in [0.25, 0.3) is 0 Å². The van der Waals surface area contributed by atoms with Crippen molar-refractivity contribution >= 4 is 28.7 Å². The maximum Gasteiger partial charge on any atom is 0.221 e. The fourth-order valence-corrected chi connectivity index (χ4v) is 2.27. The van der Waals surface area contributed by atoms with E-state index in [2.05, 4.69) is 15.6 Å². The van der Waals surface area contributed by atoms with Gasteiger partial charge in [0.15, 0.2) is 0 Å². The summed E-state index contributed by atoms with van der Waals surface area (Å²) in [5.74, 6) is 0.902. The van der Waals surface area contributed by atoms with Gasteiger partial charge in [0.1, 0.15) is 11.5 Å². The third-order valence-corrected chi connectivity index (χ3v) is 3.43. The summed E-state index contributed by atoms with van der Waals surface area (Å²) in [4.78, 5) is 15.3. The van der Waals surface area contributed by atoms with E-state index in [4.69, 9.17) is 10.5 Å². The lowest BCUT2D eigenvalue weighted by Crippen LogP contribution is -2.05. The molecule has 0 unspecified atom stereocenters. The summed E-state index contributed by atoms with van der Waals surface area (Å²) in [6.45, 7) is 1.44. The topological polar surface area (TPSA) is 110 Å². The van der Waals surface area contributed by atoms with Crippen LogP contribution in [0.15, 0.2) is 60.8 Å². The molecular formula is C19H18N4O3. The molecule has 3 aromatic rings. The first-order chi connectivity index (χ1) is 12.5. The average Bonchev–Trinajstić information content (AvgIpc) is 2.59. The van der Waals surface area contributed by atoms with Crippen molar-refractivity contribution in [2.24, 2.45) is 0 Å². The number of nitrogens with zero attached hydrogens (tertiary/aromatic N) is 1. The molecule has 3 rings (SSSR count). The highest BCUT2D eigenvalue weighted by Gasteiger charge is 2.06. The number of benzene rings is 2. The number of nitrogens with two attached hydrogens (primary N) is 1. The number of anilines is 4.